The number of benzene rings is 2. The molecule has 1 aliphatic rings. The molecule has 0 unspecified atom stereocenters. The Bertz CT molecular complexity index is 1710. The predicted octanol–water partition coefficient (Wildman–Crippen LogP) is 3.02. The average Bonchev–Trinajstić information content (AvgIpc) is 3.40. The Balaban J connectivity index is 1.48. The summed E-state index contributed by atoms with van der Waals surface area (Å²) in [6.07, 6.45) is 2.29. The van der Waals surface area contributed by atoms with Crippen molar-refractivity contribution >= 4 is 23.4 Å². The van der Waals surface area contributed by atoms with E-state index in [2.05, 4.69) is 20.6 Å². The molecule has 12 heteroatoms. The monoisotopic (exact) mass is 575 g/mol. The van der Waals surface area contributed by atoms with Crippen LogP contribution in [-0.2, 0) is 32.2 Å². The molecule has 3 heterocycles. The molecule has 2 aromatic carbocycles. The van der Waals surface area contributed by atoms with Crippen molar-refractivity contribution in [3.8, 4) is 11.3 Å². The number of aromatic nitrogens is 4. The van der Waals surface area contributed by atoms with Crippen LogP contribution in [-0.4, -0.2) is 53.8 Å². The Hall–Kier alpha value is -4.39. The van der Waals surface area contributed by atoms with Gasteiger partial charge in [0.25, 0.3) is 5.56 Å². The number of hydrazone groups is 1. The first-order valence-electron chi connectivity index (χ1n) is 13.5. The molecule has 42 heavy (non-hydrogen) atoms. The first-order chi connectivity index (χ1) is 20.0. The third kappa shape index (κ3) is 5.82. The van der Waals surface area contributed by atoms with Crippen LogP contribution in [0.3, 0.4) is 0 Å². The quantitative estimate of drug-likeness (QED) is 0.251. The molecule has 2 aromatic heterocycles. The number of nitrogens with zero attached hydrogens (tertiary/aromatic N) is 6. The highest BCUT2D eigenvalue weighted by atomic mass is 19.1. The van der Waals surface area contributed by atoms with Crippen LogP contribution in [0.4, 0.5) is 21.6 Å². The minimum atomic E-state index is -0.961. The van der Waals surface area contributed by atoms with Crippen molar-refractivity contribution in [2.45, 2.75) is 52.0 Å². The fraction of sp³-hybridized carbons (Fsp3) is 0.333. The summed E-state index contributed by atoms with van der Waals surface area (Å²) in [5, 5.41) is 47.2. The van der Waals surface area contributed by atoms with E-state index < -0.39 is 18.3 Å². The smallest absolute Gasteiger partial charge is 0.290 e. The standard InChI is InChI=1S/C30H34FN7O4/c1-30(2,3)19-10-18-13-32-38(15-22(18)24(31)11-19)27-7-5-6-21(23(27)17-40)25-12-26(29(42)36(4)34-25)33-28-8-9-37(35-28)14-20(41)16-39/h5-13,20,39-41H,14-17H2,1-4H3,(H,33,35)/t20-/m1/s1. The molecule has 220 valence electrons. The first-order valence-corrected chi connectivity index (χ1v) is 13.5. The fourth-order valence-electron chi connectivity index (χ4n) is 4.84. The van der Waals surface area contributed by atoms with Crippen molar-refractivity contribution in [2.24, 2.45) is 12.1 Å². The van der Waals surface area contributed by atoms with E-state index in [-0.39, 0.29) is 36.6 Å². The molecule has 4 N–H and O–H groups in total. The topological polar surface area (TPSA) is 141 Å². The SMILES string of the molecule is Cn1nc(-c2cccc(N3Cc4c(F)cc(C(C)(C)C)cc4C=N3)c2CO)cc(Nc2ccn(C[C@@H](O)CO)n2)c1=O. The molecule has 0 saturated carbocycles. The second-order valence-electron chi connectivity index (χ2n) is 11.3. The van der Waals surface area contributed by atoms with Gasteiger partial charge in [-0.25, -0.2) is 9.07 Å². The lowest BCUT2D eigenvalue weighted by Crippen LogP contribution is -2.25. The number of aliphatic hydroxyl groups is 3. The van der Waals surface area contributed by atoms with Crippen LogP contribution < -0.4 is 15.9 Å². The molecule has 0 radical (unpaired) electrons. The lowest BCUT2D eigenvalue weighted by Gasteiger charge is -2.28. The molecule has 0 spiro atoms. The van der Waals surface area contributed by atoms with Crippen molar-refractivity contribution < 1.29 is 19.7 Å². The summed E-state index contributed by atoms with van der Waals surface area (Å²) < 4.78 is 17.9. The van der Waals surface area contributed by atoms with Gasteiger partial charge in [0.05, 0.1) is 50.0 Å². The number of nitrogens with one attached hydrogen (secondary N) is 1. The molecule has 0 saturated heterocycles. The lowest BCUT2D eigenvalue weighted by molar-refractivity contribution is 0.0783. The minimum absolute atomic E-state index is 0.0928. The second-order valence-corrected chi connectivity index (χ2v) is 11.3. The fourth-order valence-corrected chi connectivity index (χ4v) is 4.84. The Labute approximate surface area is 242 Å². The number of anilines is 3. The summed E-state index contributed by atoms with van der Waals surface area (Å²) in [5.74, 6) is 0.0579. The molecule has 0 aliphatic carbocycles. The van der Waals surface area contributed by atoms with E-state index in [1.165, 1.54) is 16.4 Å². The zero-order chi connectivity index (χ0) is 30.2. The molecule has 11 nitrogen and oxygen atoms in total. The van der Waals surface area contributed by atoms with Gasteiger partial charge in [-0.1, -0.05) is 32.9 Å². The number of fused-ring (bicyclic) bond motifs is 1. The second kappa shape index (κ2) is 11.5. The zero-order valence-electron chi connectivity index (χ0n) is 23.9. The van der Waals surface area contributed by atoms with Gasteiger partial charge >= 0.3 is 0 Å². The Morgan fingerprint density at radius 2 is 1.90 bits per heavy atom. The first kappa shape index (κ1) is 29.1. The Kier molecular flexibility index (Phi) is 7.95. The summed E-state index contributed by atoms with van der Waals surface area (Å²) >= 11 is 0. The van der Waals surface area contributed by atoms with E-state index in [1.807, 2.05) is 26.8 Å². The zero-order valence-corrected chi connectivity index (χ0v) is 23.9. The summed E-state index contributed by atoms with van der Waals surface area (Å²) in [6, 6.07) is 12.1. The third-order valence-corrected chi connectivity index (χ3v) is 7.18. The summed E-state index contributed by atoms with van der Waals surface area (Å²) in [6.45, 7) is 5.63. The van der Waals surface area contributed by atoms with Gasteiger partial charge in [0, 0.05) is 41.6 Å². The number of aliphatic hydroxyl groups excluding tert-OH is 3. The van der Waals surface area contributed by atoms with Gasteiger partial charge in [-0.15, -0.1) is 0 Å². The Morgan fingerprint density at radius 1 is 1.12 bits per heavy atom. The van der Waals surface area contributed by atoms with E-state index in [9.17, 15) is 15.0 Å². The van der Waals surface area contributed by atoms with Crippen molar-refractivity contribution in [2.75, 3.05) is 16.9 Å². The van der Waals surface area contributed by atoms with Crippen molar-refractivity contribution in [1.82, 2.24) is 19.6 Å². The van der Waals surface area contributed by atoms with E-state index in [1.54, 1.807) is 53.8 Å². The van der Waals surface area contributed by atoms with Gasteiger partial charge in [0.2, 0.25) is 0 Å². The van der Waals surface area contributed by atoms with Crippen LogP contribution in [0.25, 0.3) is 11.3 Å². The van der Waals surface area contributed by atoms with Crippen LogP contribution in [0.5, 0.6) is 0 Å². The maximum atomic E-state index is 15.2. The number of halogens is 1. The van der Waals surface area contributed by atoms with Gasteiger partial charge in [-0.3, -0.25) is 14.5 Å². The van der Waals surface area contributed by atoms with Crippen LogP contribution in [0.2, 0.25) is 0 Å². The van der Waals surface area contributed by atoms with E-state index in [0.717, 1.165) is 11.1 Å². The van der Waals surface area contributed by atoms with Crippen LogP contribution in [0.1, 0.15) is 43.0 Å². The highest BCUT2D eigenvalue weighted by Gasteiger charge is 2.24. The van der Waals surface area contributed by atoms with Crippen molar-refractivity contribution in [1.29, 1.82) is 0 Å². The lowest BCUT2D eigenvalue weighted by atomic mass is 9.85. The van der Waals surface area contributed by atoms with Gasteiger partial charge in [-0.2, -0.15) is 15.3 Å². The maximum absolute atomic E-state index is 15.2. The number of hydrogen-bond donors (Lipinski definition) is 4. The molecule has 4 aromatic rings. The van der Waals surface area contributed by atoms with Crippen LogP contribution in [0.15, 0.2) is 58.6 Å². The van der Waals surface area contributed by atoms with Crippen LogP contribution in [0, 0.1) is 5.82 Å². The van der Waals surface area contributed by atoms with E-state index in [4.69, 9.17) is 5.11 Å². The van der Waals surface area contributed by atoms with Crippen molar-refractivity contribution in [3.63, 3.8) is 0 Å². The molecule has 5 rings (SSSR count). The third-order valence-electron chi connectivity index (χ3n) is 7.18. The van der Waals surface area contributed by atoms with Crippen LogP contribution >= 0.6 is 0 Å². The molecule has 0 bridgehead atoms. The highest BCUT2D eigenvalue weighted by molar-refractivity contribution is 5.85. The normalized spacial score (nSPS) is 13.8. The number of hydrogen-bond acceptors (Lipinski definition) is 9. The highest BCUT2D eigenvalue weighted by Crippen LogP contribution is 2.35. The molecular formula is C30H34FN7O4. The average molecular weight is 576 g/mol. The molecule has 0 fully saturated rings. The summed E-state index contributed by atoms with van der Waals surface area (Å²) in [4.78, 5) is 12.9. The van der Waals surface area contributed by atoms with E-state index >= 15 is 4.39 Å². The van der Waals surface area contributed by atoms with Gasteiger partial charge in [-0.05, 0) is 35.2 Å². The predicted molar refractivity (Wildman–Crippen MR) is 158 cm³/mol. The summed E-state index contributed by atoms with van der Waals surface area (Å²) in [5.41, 5.74) is 3.82. The largest absolute Gasteiger partial charge is 0.394 e. The maximum Gasteiger partial charge on any atom is 0.290 e. The van der Waals surface area contributed by atoms with Gasteiger partial charge < -0.3 is 20.6 Å². The molecule has 1 aliphatic heterocycles. The summed E-state index contributed by atoms with van der Waals surface area (Å²) in [7, 11) is 1.52. The minimum Gasteiger partial charge on any atom is -0.394 e. The number of rotatable bonds is 8. The Morgan fingerprint density at radius 3 is 2.62 bits per heavy atom. The molecule has 1 atom stereocenters. The molecular weight excluding hydrogens is 541 g/mol. The van der Waals surface area contributed by atoms with E-state index in [0.29, 0.717) is 33.9 Å². The van der Waals surface area contributed by atoms with Gasteiger partial charge in [0.1, 0.15) is 11.5 Å². The van der Waals surface area contributed by atoms with Gasteiger partial charge in [0.15, 0.2) is 5.82 Å². The van der Waals surface area contributed by atoms with Crippen molar-refractivity contribution in [3.05, 3.63) is 87.1 Å². The molecule has 0 amide bonds. The number of aryl methyl sites for hydroxylation is 1.